The molecule has 0 amide bonds. The summed E-state index contributed by atoms with van der Waals surface area (Å²) in [5, 5.41) is 0.803. The van der Waals surface area contributed by atoms with Crippen molar-refractivity contribution in [3.8, 4) is 11.1 Å². The lowest BCUT2D eigenvalue weighted by molar-refractivity contribution is 0.112. The SMILES string of the molecule is O=Cc1c(F)cncc1-c1c(Cl)cc(Cl)cc1Cl. The molecule has 92 valence electrons. The molecule has 0 saturated heterocycles. The maximum Gasteiger partial charge on any atom is 0.153 e. The molecule has 0 aliphatic heterocycles. The Morgan fingerprint density at radius 3 is 2.28 bits per heavy atom. The minimum Gasteiger partial charge on any atom is -0.298 e. The van der Waals surface area contributed by atoms with Crippen molar-refractivity contribution in [3.05, 3.63) is 51.0 Å². The zero-order valence-electron chi connectivity index (χ0n) is 8.75. The van der Waals surface area contributed by atoms with E-state index in [9.17, 15) is 9.18 Å². The molecule has 0 fully saturated rings. The summed E-state index contributed by atoms with van der Waals surface area (Å²) < 4.78 is 13.5. The largest absolute Gasteiger partial charge is 0.298 e. The predicted molar refractivity (Wildman–Crippen MR) is 70.0 cm³/mol. The van der Waals surface area contributed by atoms with Gasteiger partial charge in [-0.05, 0) is 12.1 Å². The van der Waals surface area contributed by atoms with Crippen LogP contribution in [0, 0.1) is 5.82 Å². The molecule has 2 rings (SSSR count). The number of nitrogens with zero attached hydrogens (tertiary/aromatic N) is 1. The van der Waals surface area contributed by atoms with E-state index in [0.717, 1.165) is 6.20 Å². The highest BCUT2D eigenvalue weighted by molar-refractivity contribution is 6.42. The summed E-state index contributed by atoms with van der Waals surface area (Å²) in [5.74, 6) is -0.732. The van der Waals surface area contributed by atoms with E-state index in [1.165, 1.54) is 18.3 Å². The summed E-state index contributed by atoms with van der Waals surface area (Å²) in [6.07, 6.45) is 2.67. The molecular weight excluding hydrogens is 299 g/mol. The molecule has 0 aliphatic rings. The highest BCUT2D eigenvalue weighted by Crippen LogP contribution is 2.38. The van der Waals surface area contributed by atoms with Crippen molar-refractivity contribution in [3.63, 3.8) is 0 Å². The molecule has 18 heavy (non-hydrogen) atoms. The normalized spacial score (nSPS) is 10.4. The smallest absolute Gasteiger partial charge is 0.153 e. The van der Waals surface area contributed by atoms with Crippen LogP contribution in [0.15, 0.2) is 24.5 Å². The van der Waals surface area contributed by atoms with Gasteiger partial charge in [-0.15, -0.1) is 0 Å². The number of hydrogen-bond donors (Lipinski definition) is 0. The zero-order chi connectivity index (χ0) is 13.3. The van der Waals surface area contributed by atoms with Crippen molar-refractivity contribution in [1.29, 1.82) is 0 Å². The number of halogens is 4. The standard InChI is InChI=1S/C12H5Cl3FNO/c13-6-1-9(14)12(10(15)2-6)7-3-17-4-11(16)8(7)5-18/h1-5H. The van der Waals surface area contributed by atoms with Crippen LogP contribution in [0.25, 0.3) is 11.1 Å². The van der Waals surface area contributed by atoms with Crippen LogP contribution in [-0.4, -0.2) is 11.3 Å². The van der Waals surface area contributed by atoms with E-state index in [4.69, 9.17) is 34.8 Å². The fourth-order valence-corrected chi connectivity index (χ4v) is 2.58. The Hall–Kier alpha value is -1.16. The Morgan fingerprint density at radius 1 is 1.11 bits per heavy atom. The summed E-state index contributed by atoms with van der Waals surface area (Å²) in [6.45, 7) is 0. The fraction of sp³-hybridized carbons (Fsp3) is 0. The number of aldehydes is 1. The molecule has 0 bridgehead atoms. The van der Waals surface area contributed by atoms with E-state index < -0.39 is 5.82 Å². The molecular formula is C12H5Cl3FNO. The second-order valence-corrected chi connectivity index (χ2v) is 4.70. The number of carbonyl (C=O) groups is 1. The van der Waals surface area contributed by atoms with E-state index in [1.807, 2.05) is 0 Å². The van der Waals surface area contributed by atoms with Crippen molar-refractivity contribution < 1.29 is 9.18 Å². The molecule has 0 radical (unpaired) electrons. The van der Waals surface area contributed by atoms with Gasteiger partial charge in [0.1, 0.15) is 0 Å². The van der Waals surface area contributed by atoms with Crippen molar-refractivity contribution in [1.82, 2.24) is 4.98 Å². The second kappa shape index (κ2) is 5.22. The minimum absolute atomic E-state index is 0.142. The van der Waals surface area contributed by atoms with Crippen molar-refractivity contribution >= 4 is 41.1 Å². The Kier molecular flexibility index (Phi) is 3.85. The Bertz CT molecular complexity index is 608. The molecule has 0 unspecified atom stereocenters. The first-order valence-electron chi connectivity index (χ1n) is 4.78. The maximum absolute atomic E-state index is 13.5. The third-order valence-electron chi connectivity index (χ3n) is 2.33. The summed E-state index contributed by atoms with van der Waals surface area (Å²) in [6, 6.07) is 2.92. The molecule has 1 aromatic heterocycles. The monoisotopic (exact) mass is 303 g/mol. The van der Waals surface area contributed by atoms with E-state index in [0.29, 0.717) is 16.9 Å². The second-order valence-electron chi connectivity index (χ2n) is 3.44. The number of hydrogen-bond acceptors (Lipinski definition) is 2. The van der Waals surface area contributed by atoms with E-state index in [1.54, 1.807) is 0 Å². The minimum atomic E-state index is -0.732. The van der Waals surface area contributed by atoms with Gasteiger partial charge >= 0.3 is 0 Å². The zero-order valence-corrected chi connectivity index (χ0v) is 11.0. The van der Waals surface area contributed by atoms with Crippen molar-refractivity contribution in [2.24, 2.45) is 0 Å². The van der Waals surface area contributed by atoms with Crippen LogP contribution in [0.2, 0.25) is 15.1 Å². The van der Waals surface area contributed by atoms with Crippen LogP contribution < -0.4 is 0 Å². The fourth-order valence-electron chi connectivity index (χ4n) is 1.56. The number of benzene rings is 1. The number of aromatic nitrogens is 1. The Labute approximate surface area is 117 Å². The molecule has 0 atom stereocenters. The predicted octanol–water partition coefficient (Wildman–Crippen LogP) is 4.66. The van der Waals surface area contributed by atoms with Gasteiger partial charge < -0.3 is 0 Å². The van der Waals surface area contributed by atoms with Crippen LogP contribution in [0.1, 0.15) is 10.4 Å². The van der Waals surface area contributed by atoms with E-state index in [2.05, 4.69) is 4.98 Å². The molecule has 0 aliphatic carbocycles. The molecule has 0 saturated carbocycles. The first-order valence-corrected chi connectivity index (χ1v) is 5.91. The quantitative estimate of drug-likeness (QED) is 0.755. The van der Waals surface area contributed by atoms with Gasteiger partial charge in [0.15, 0.2) is 12.1 Å². The van der Waals surface area contributed by atoms with Crippen LogP contribution in [0.3, 0.4) is 0 Å². The van der Waals surface area contributed by atoms with Crippen molar-refractivity contribution in [2.75, 3.05) is 0 Å². The van der Waals surface area contributed by atoms with E-state index in [-0.39, 0.29) is 21.2 Å². The van der Waals surface area contributed by atoms with Gasteiger partial charge in [0.05, 0.1) is 21.8 Å². The average molecular weight is 305 g/mol. The Morgan fingerprint density at radius 2 is 1.72 bits per heavy atom. The molecule has 6 heteroatoms. The Balaban J connectivity index is 2.77. The lowest BCUT2D eigenvalue weighted by atomic mass is 10.0. The number of rotatable bonds is 2. The van der Waals surface area contributed by atoms with Gasteiger partial charge in [0.2, 0.25) is 0 Å². The van der Waals surface area contributed by atoms with Gasteiger partial charge in [-0.1, -0.05) is 34.8 Å². The lowest BCUT2D eigenvalue weighted by Crippen LogP contribution is -1.95. The maximum atomic E-state index is 13.5. The van der Waals surface area contributed by atoms with Gasteiger partial charge in [-0.25, -0.2) is 4.39 Å². The third-order valence-corrected chi connectivity index (χ3v) is 3.15. The summed E-state index contributed by atoms with van der Waals surface area (Å²) >= 11 is 17.8. The third kappa shape index (κ3) is 2.34. The topological polar surface area (TPSA) is 30.0 Å². The van der Waals surface area contributed by atoms with Gasteiger partial charge in [-0.2, -0.15) is 0 Å². The van der Waals surface area contributed by atoms with E-state index >= 15 is 0 Å². The summed E-state index contributed by atoms with van der Waals surface area (Å²) in [7, 11) is 0. The molecule has 0 spiro atoms. The van der Waals surface area contributed by atoms with Crippen molar-refractivity contribution in [2.45, 2.75) is 0 Å². The van der Waals surface area contributed by atoms with Crippen LogP contribution >= 0.6 is 34.8 Å². The lowest BCUT2D eigenvalue weighted by Gasteiger charge is -2.10. The number of carbonyl (C=O) groups excluding carboxylic acids is 1. The van der Waals surface area contributed by atoms with Gasteiger partial charge in [0.25, 0.3) is 0 Å². The molecule has 2 aromatic rings. The highest BCUT2D eigenvalue weighted by Gasteiger charge is 2.16. The molecule has 1 heterocycles. The molecule has 1 aromatic carbocycles. The molecule has 2 nitrogen and oxygen atoms in total. The van der Waals surface area contributed by atoms with Gasteiger partial charge in [0, 0.05) is 22.3 Å². The average Bonchev–Trinajstić information content (AvgIpc) is 2.27. The van der Waals surface area contributed by atoms with Crippen LogP contribution in [0.4, 0.5) is 4.39 Å². The number of pyridine rings is 1. The first-order chi connectivity index (χ1) is 8.54. The van der Waals surface area contributed by atoms with Crippen LogP contribution in [-0.2, 0) is 0 Å². The first kappa shape index (κ1) is 13.3. The summed E-state index contributed by atoms with van der Waals surface area (Å²) in [4.78, 5) is 14.6. The highest BCUT2D eigenvalue weighted by atomic mass is 35.5. The molecule has 0 N–H and O–H groups in total. The van der Waals surface area contributed by atoms with Gasteiger partial charge in [-0.3, -0.25) is 9.78 Å². The van der Waals surface area contributed by atoms with Crippen LogP contribution in [0.5, 0.6) is 0 Å². The summed E-state index contributed by atoms with van der Waals surface area (Å²) in [5.41, 5.74) is 0.421.